The van der Waals surface area contributed by atoms with Crippen molar-refractivity contribution in [2.45, 2.75) is 4.90 Å². The van der Waals surface area contributed by atoms with Crippen molar-refractivity contribution in [1.29, 1.82) is 0 Å². The Labute approximate surface area is 171 Å². The second-order valence-electron chi connectivity index (χ2n) is 6.42. The zero-order valence-corrected chi connectivity index (χ0v) is 16.8. The molecule has 2 heterocycles. The molecule has 4 rings (SSSR count). The van der Waals surface area contributed by atoms with Crippen molar-refractivity contribution >= 4 is 44.0 Å². The SMILES string of the molecule is COc1ccc2[nH]nc(Nc3ccnc(Nc4ccc(F)c(S(C)(=O)=O)c4)n3)c2c1. The molecule has 2 aromatic carbocycles. The largest absolute Gasteiger partial charge is 0.497 e. The maximum Gasteiger partial charge on any atom is 0.229 e. The van der Waals surface area contributed by atoms with Gasteiger partial charge in [0.2, 0.25) is 5.95 Å². The van der Waals surface area contributed by atoms with Crippen LogP contribution in [-0.2, 0) is 9.84 Å². The molecule has 30 heavy (non-hydrogen) atoms. The number of hydrogen-bond acceptors (Lipinski definition) is 8. The normalized spacial score (nSPS) is 11.4. The van der Waals surface area contributed by atoms with Gasteiger partial charge in [-0.25, -0.2) is 17.8 Å². The monoisotopic (exact) mass is 428 g/mol. The van der Waals surface area contributed by atoms with Crippen LogP contribution in [0.5, 0.6) is 5.75 Å². The van der Waals surface area contributed by atoms with E-state index in [9.17, 15) is 12.8 Å². The van der Waals surface area contributed by atoms with Crippen LogP contribution in [0.25, 0.3) is 10.9 Å². The van der Waals surface area contributed by atoms with Gasteiger partial charge in [0, 0.05) is 23.5 Å². The average Bonchev–Trinajstić information content (AvgIpc) is 3.11. The zero-order valence-electron chi connectivity index (χ0n) is 16.0. The van der Waals surface area contributed by atoms with Gasteiger partial charge in [-0.1, -0.05) is 0 Å². The lowest BCUT2D eigenvalue weighted by molar-refractivity contribution is 0.415. The standard InChI is InChI=1S/C19H17FN6O3S/c1-29-12-4-6-15-13(10-12)18(26-25-15)23-17-7-8-21-19(24-17)22-11-3-5-14(20)16(9-11)30(2,27)28/h3-10H,1-2H3,(H3,21,22,23,24,25,26). The van der Waals surface area contributed by atoms with E-state index >= 15 is 0 Å². The molecular weight excluding hydrogens is 411 g/mol. The Morgan fingerprint density at radius 2 is 1.93 bits per heavy atom. The molecule has 11 heteroatoms. The number of aromatic nitrogens is 4. The Balaban J connectivity index is 1.60. The van der Waals surface area contributed by atoms with Crippen LogP contribution in [0.2, 0.25) is 0 Å². The number of H-pyrrole nitrogens is 1. The molecule has 2 aromatic heterocycles. The molecule has 0 spiro atoms. The van der Waals surface area contributed by atoms with E-state index in [-0.39, 0.29) is 5.95 Å². The van der Waals surface area contributed by atoms with E-state index in [0.29, 0.717) is 23.1 Å². The van der Waals surface area contributed by atoms with E-state index in [1.54, 1.807) is 13.2 Å². The maximum atomic E-state index is 13.8. The number of nitrogens with one attached hydrogen (secondary N) is 3. The molecule has 0 radical (unpaired) electrons. The maximum absolute atomic E-state index is 13.8. The summed E-state index contributed by atoms with van der Waals surface area (Å²) in [4.78, 5) is 8.06. The fourth-order valence-corrected chi connectivity index (χ4v) is 3.58. The minimum atomic E-state index is -3.71. The molecule has 0 atom stereocenters. The van der Waals surface area contributed by atoms with Crippen LogP contribution in [0, 0.1) is 5.82 Å². The quantitative estimate of drug-likeness (QED) is 0.427. The van der Waals surface area contributed by atoms with Crippen LogP contribution in [-0.4, -0.2) is 41.9 Å². The summed E-state index contributed by atoms with van der Waals surface area (Å²) in [7, 11) is -2.12. The number of fused-ring (bicyclic) bond motifs is 1. The first-order chi connectivity index (χ1) is 14.3. The summed E-state index contributed by atoms with van der Waals surface area (Å²) in [5, 5.41) is 14.0. The van der Waals surface area contributed by atoms with E-state index in [1.165, 1.54) is 18.3 Å². The number of halogens is 1. The first-order valence-corrected chi connectivity index (χ1v) is 10.6. The van der Waals surface area contributed by atoms with Gasteiger partial charge < -0.3 is 15.4 Å². The number of aromatic amines is 1. The van der Waals surface area contributed by atoms with E-state index in [4.69, 9.17) is 4.74 Å². The van der Waals surface area contributed by atoms with Gasteiger partial charge in [-0.05, 0) is 42.5 Å². The topological polar surface area (TPSA) is 122 Å². The lowest BCUT2D eigenvalue weighted by Gasteiger charge is -2.09. The van der Waals surface area contributed by atoms with Gasteiger partial charge >= 0.3 is 0 Å². The lowest BCUT2D eigenvalue weighted by atomic mass is 10.2. The summed E-state index contributed by atoms with van der Waals surface area (Å²) in [5.41, 5.74) is 1.16. The van der Waals surface area contributed by atoms with Crippen molar-refractivity contribution in [2.75, 3.05) is 24.0 Å². The van der Waals surface area contributed by atoms with Gasteiger partial charge in [0.15, 0.2) is 15.7 Å². The Morgan fingerprint density at radius 3 is 2.70 bits per heavy atom. The molecule has 9 nitrogen and oxygen atoms in total. The predicted molar refractivity (Wildman–Crippen MR) is 111 cm³/mol. The van der Waals surface area contributed by atoms with Crippen LogP contribution in [0.1, 0.15) is 0 Å². The van der Waals surface area contributed by atoms with Crippen LogP contribution >= 0.6 is 0 Å². The second kappa shape index (κ2) is 7.59. The second-order valence-corrected chi connectivity index (χ2v) is 8.40. The number of methoxy groups -OCH3 is 1. The molecule has 4 aromatic rings. The molecule has 0 bridgehead atoms. The molecule has 0 aliphatic heterocycles. The van der Waals surface area contributed by atoms with E-state index in [1.807, 2.05) is 18.2 Å². The highest BCUT2D eigenvalue weighted by atomic mass is 32.2. The van der Waals surface area contributed by atoms with Gasteiger partial charge in [-0.2, -0.15) is 10.1 Å². The molecule has 0 unspecified atom stereocenters. The highest BCUT2D eigenvalue weighted by molar-refractivity contribution is 7.90. The van der Waals surface area contributed by atoms with E-state index in [2.05, 4.69) is 30.8 Å². The molecule has 154 valence electrons. The summed E-state index contributed by atoms with van der Waals surface area (Å²) < 4.78 is 42.5. The summed E-state index contributed by atoms with van der Waals surface area (Å²) in [5.74, 6) is 1.07. The third-order valence-corrected chi connectivity index (χ3v) is 5.37. The van der Waals surface area contributed by atoms with Crippen molar-refractivity contribution < 1.29 is 17.5 Å². The summed E-state index contributed by atoms with van der Waals surface area (Å²) in [6.07, 6.45) is 2.47. The molecule has 0 amide bonds. The fraction of sp³-hybridized carbons (Fsp3) is 0.105. The number of hydrogen-bond donors (Lipinski definition) is 3. The molecule has 0 aliphatic carbocycles. The number of sulfone groups is 1. The number of nitrogens with zero attached hydrogens (tertiary/aromatic N) is 3. The molecule has 0 fully saturated rings. The minimum Gasteiger partial charge on any atom is -0.497 e. The molecule has 3 N–H and O–H groups in total. The molecular formula is C19H17FN6O3S. The van der Waals surface area contributed by atoms with Gasteiger partial charge in [0.25, 0.3) is 0 Å². The molecule has 0 saturated heterocycles. The Hall–Kier alpha value is -3.73. The highest BCUT2D eigenvalue weighted by Crippen LogP contribution is 2.27. The third kappa shape index (κ3) is 4.01. The van der Waals surface area contributed by atoms with Crippen molar-refractivity contribution in [1.82, 2.24) is 20.2 Å². The van der Waals surface area contributed by atoms with Crippen molar-refractivity contribution in [3.63, 3.8) is 0 Å². The highest BCUT2D eigenvalue weighted by Gasteiger charge is 2.15. The van der Waals surface area contributed by atoms with Gasteiger partial charge in [0.05, 0.1) is 12.6 Å². The van der Waals surface area contributed by atoms with Crippen molar-refractivity contribution in [3.05, 3.63) is 54.5 Å². The Kier molecular flexibility index (Phi) is 4.96. The predicted octanol–water partition coefficient (Wildman–Crippen LogP) is 3.39. The first kappa shape index (κ1) is 19.6. The summed E-state index contributed by atoms with van der Waals surface area (Å²) in [6, 6.07) is 10.8. The van der Waals surface area contributed by atoms with Crippen LogP contribution in [0.3, 0.4) is 0 Å². The van der Waals surface area contributed by atoms with E-state index in [0.717, 1.165) is 23.2 Å². The number of ether oxygens (including phenoxy) is 1. The number of benzene rings is 2. The Bertz CT molecular complexity index is 1340. The smallest absolute Gasteiger partial charge is 0.229 e. The molecule has 0 aliphatic rings. The van der Waals surface area contributed by atoms with Gasteiger partial charge in [0.1, 0.15) is 22.3 Å². The zero-order chi connectivity index (χ0) is 21.3. The minimum absolute atomic E-state index is 0.198. The van der Waals surface area contributed by atoms with Gasteiger partial charge in [-0.15, -0.1) is 0 Å². The summed E-state index contributed by atoms with van der Waals surface area (Å²) in [6.45, 7) is 0. The number of rotatable bonds is 6. The first-order valence-electron chi connectivity index (χ1n) is 8.72. The lowest BCUT2D eigenvalue weighted by Crippen LogP contribution is -2.04. The summed E-state index contributed by atoms with van der Waals surface area (Å²) >= 11 is 0. The van der Waals surface area contributed by atoms with Gasteiger partial charge in [-0.3, -0.25) is 5.10 Å². The molecule has 0 saturated carbocycles. The van der Waals surface area contributed by atoms with Crippen molar-refractivity contribution in [3.8, 4) is 5.75 Å². The number of anilines is 4. The van der Waals surface area contributed by atoms with Crippen LogP contribution < -0.4 is 15.4 Å². The Morgan fingerprint density at radius 1 is 1.10 bits per heavy atom. The fourth-order valence-electron chi connectivity index (χ4n) is 2.82. The van der Waals surface area contributed by atoms with E-state index < -0.39 is 20.5 Å². The van der Waals surface area contributed by atoms with Crippen LogP contribution in [0.15, 0.2) is 53.6 Å². The average molecular weight is 428 g/mol. The van der Waals surface area contributed by atoms with Crippen molar-refractivity contribution in [2.24, 2.45) is 0 Å². The van der Waals surface area contributed by atoms with Crippen LogP contribution in [0.4, 0.5) is 27.7 Å². The third-order valence-electron chi connectivity index (χ3n) is 4.26.